The molecule has 2 unspecified atom stereocenters. The van der Waals surface area contributed by atoms with E-state index in [9.17, 15) is 0 Å². The van der Waals surface area contributed by atoms with Crippen LogP contribution in [0.15, 0.2) is 0 Å². The quantitative estimate of drug-likeness (QED) is 0.587. The summed E-state index contributed by atoms with van der Waals surface area (Å²) in [7, 11) is 0. The van der Waals surface area contributed by atoms with Crippen molar-refractivity contribution >= 4 is 0 Å². The second-order valence-corrected chi connectivity index (χ2v) is 3.24. The van der Waals surface area contributed by atoms with Crippen LogP contribution in [0.1, 0.15) is 33.1 Å². The molecule has 0 saturated carbocycles. The first-order chi connectivity index (χ1) is 5.33. The molecule has 11 heavy (non-hydrogen) atoms. The minimum absolute atomic E-state index is 0.583. The summed E-state index contributed by atoms with van der Waals surface area (Å²) in [5.41, 5.74) is 0. The lowest BCUT2D eigenvalue weighted by Gasteiger charge is -1.86. The van der Waals surface area contributed by atoms with Gasteiger partial charge in [-0.25, -0.2) is 0 Å². The maximum Gasteiger partial charge on any atom is 0.0810 e. The fraction of sp³-hybridized carbons (Fsp3) is 1.00. The Morgan fingerprint density at radius 3 is 2.09 bits per heavy atom. The van der Waals surface area contributed by atoms with Crippen molar-refractivity contribution in [1.82, 2.24) is 0 Å². The standard InChI is InChI=1S/C6H12O.C3H6O/c1-2-3-4-6-5-7-6;1-3-2-4-3/h6H,2-5H2,1H3;3H,2H2,1H3. The van der Waals surface area contributed by atoms with E-state index in [-0.39, 0.29) is 0 Å². The van der Waals surface area contributed by atoms with Gasteiger partial charge in [-0.3, -0.25) is 0 Å². The molecular formula is C9H18O2. The monoisotopic (exact) mass is 158 g/mol. The van der Waals surface area contributed by atoms with Gasteiger partial charge in [-0.15, -0.1) is 0 Å². The van der Waals surface area contributed by atoms with E-state index in [2.05, 4.69) is 13.8 Å². The Labute approximate surface area is 68.9 Å². The summed E-state index contributed by atoms with van der Waals surface area (Å²) in [5, 5.41) is 0. The molecule has 66 valence electrons. The van der Waals surface area contributed by atoms with Crippen molar-refractivity contribution in [2.24, 2.45) is 0 Å². The van der Waals surface area contributed by atoms with Crippen molar-refractivity contribution in [3.05, 3.63) is 0 Å². The van der Waals surface area contributed by atoms with Crippen LogP contribution in [0.2, 0.25) is 0 Å². The topological polar surface area (TPSA) is 25.1 Å². The highest BCUT2D eigenvalue weighted by Gasteiger charge is 2.20. The van der Waals surface area contributed by atoms with Gasteiger partial charge >= 0.3 is 0 Å². The molecule has 2 rings (SSSR count). The zero-order valence-corrected chi connectivity index (χ0v) is 7.51. The molecule has 2 heterocycles. The van der Waals surface area contributed by atoms with Gasteiger partial charge in [0.2, 0.25) is 0 Å². The van der Waals surface area contributed by atoms with Gasteiger partial charge in [0.15, 0.2) is 0 Å². The lowest BCUT2D eigenvalue weighted by Crippen LogP contribution is -1.81. The SMILES string of the molecule is CC1CO1.CCCCC1CO1. The van der Waals surface area contributed by atoms with Crippen molar-refractivity contribution in [1.29, 1.82) is 0 Å². The van der Waals surface area contributed by atoms with E-state index >= 15 is 0 Å². The Hall–Kier alpha value is -0.0800. The molecular weight excluding hydrogens is 140 g/mol. The van der Waals surface area contributed by atoms with Gasteiger partial charge in [-0.2, -0.15) is 0 Å². The van der Waals surface area contributed by atoms with Gasteiger partial charge in [0, 0.05) is 0 Å². The summed E-state index contributed by atoms with van der Waals surface area (Å²) < 4.78 is 9.72. The van der Waals surface area contributed by atoms with Crippen molar-refractivity contribution < 1.29 is 9.47 Å². The summed E-state index contributed by atoms with van der Waals surface area (Å²) in [5.74, 6) is 0. The van der Waals surface area contributed by atoms with Gasteiger partial charge < -0.3 is 9.47 Å². The third-order valence-electron chi connectivity index (χ3n) is 1.78. The molecule has 2 aliphatic heterocycles. The summed E-state index contributed by atoms with van der Waals surface area (Å²) >= 11 is 0. The van der Waals surface area contributed by atoms with Crippen LogP contribution in [0.3, 0.4) is 0 Å². The number of ether oxygens (including phenoxy) is 2. The third kappa shape index (κ3) is 6.32. The molecule has 2 aliphatic rings. The first kappa shape index (κ1) is 9.01. The smallest absolute Gasteiger partial charge is 0.0810 e. The maximum atomic E-state index is 5.01. The average molecular weight is 158 g/mol. The van der Waals surface area contributed by atoms with Crippen LogP contribution < -0.4 is 0 Å². The Bertz CT molecular complexity index is 95.7. The van der Waals surface area contributed by atoms with Crippen molar-refractivity contribution in [2.45, 2.75) is 45.3 Å². The zero-order valence-electron chi connectivity index (χ0n) is 7.51. The number of unbranched alkanes of at least 4 members (excludes halogenated alkanes) is 1. The molecule has 0 aliphatic carbocycles. The average Bonchev–Trinajstić information content (AvgIpc) is 2.81. The fourth-order valence-electron chi connectivity index (χ4n) is 0.763. The molecule has 2 heteroatoms. The van der Waals surface area contributed by atoms with E-state index in [1.54, 1.807) is 0 Å². The minimum Gasteiger partial charge on any atom is -0.373 e. The van der Waals surface area contributed by atoms with Crippen LogP contribution in [-0.2, 0) is 9.47 Å². The molecule has 0 aromatic carbocycles. The molecule has 0 amide bonds. The Morgan fingerprint density at radius 2 is 1.82 bits per heavy atom. The largest absolute Gasteiger partial charge is 0.373 e. The van der Waals surface area contributed by atoms with Gasteiger partial charge in [0.05, 0.1) is 25.4 Å². The summed E-state index contributed by atoms with van der Waals surface area (Å²) in [6.45, 7) is 6.28. The lowest BCUT2D eigenvalue weighted by atomic mass is 10.2. The molecule has 2 fully saturated rings. The number of epoxide rings is 2. The highest BCUT2D eigenvalue weighted by Crippen LogP contribution is 2.15. The van der Waals surface area contributed by atoms with Crippen LogP contribution >= 0.6 is 0 Å². The second-order valence-electron chi connectivity index (χ2n) is 3.24. The Balaban J connectivity index is 0.000000128. The summed E-state index contributed by atoms with van der Waals surface area (Å²) in [4.78, 5) is 0. The van der Waals surface area contributed by atoms with Gasteiger partial charge in [-0.05, 0) is 13.3 Å². The number of hydrogen-bond donors (Lipinski definition) is 0. The molecule has 0 bridgehead atoms. The highest BCUT2D eigenvalue weighted by molar-refractivity contribution is 4.67. The molecule has 2 atom stereocenters. The molecule has 0 aromatic heterocycles. The van der Waals surface area contributed by atoms with Crippen molar-refractivity contribution in [3.63, 3.8) is 0 Å². The molecule has 0 aromatic rings. The molecule has 2 nitrogen and oxygen atoms in total. The van der Waals surface area contributed by atoms with Gasteiger partial charge in [0.1, 0.15) is 0 Å². The molecule has 0 N–H and O–H groups in total. The van der Waals surface area contributed by atoms with Crippen LogP contribution in [-0.4, -0.2) is 25.4 Å². The van der Waals surface area contributed by atoms with Crippen LogP contribution in [0.4, 0.5) is 0 Å². The highest BCUT2D eigenvalue weighted by atomic mass is 16.6. The van der Waals surface area contributed by atoms with Gasteiger partial charge in [-0.1, -0.05) is 19.8 Å². The van der Waals surface area contributed by atoms with Crippen molar-refractivity contribution in [3.8, 4) is 0 Å². The van der Waals surface area contributed by atoms with Crippen LogP contribution in [0.25, 0.3) is 0 Å². The first-order valence-corrected chi connectivity index (χ1v) is 4.56. The second kappa shape index (κ2) is 4.73. The van der Waals surface area contributed by atoms with Crippen molar-refractivity contribution in [2.75, 3.05) is 13.2 Å². The molecule has 0 spiro atoms. The molecule has 0 radical (unpaired) electrons. The number of hydrogen-bond acceptors (Lipinski definition) is 2. The maximum absolute atomic E-state index is 5.01. The van der Waals surface area contributed by atoms with Crippen LogP contribution in [0, 0.1) is 0 Å². The normalized spacial score (nSPS) is 32.2. The predicted molar refractivity (Wildman–Crippen MR) is 44.7 cm³/mol. The fourth-order valence-corrected chi connectivity index (χ4v) is 0.763. The van der Waals surface area contributed by atoms with Gasteiger partial charge in [0.25, 0.3) is 0 Å². The first-order valence-electron chi connectivity index (χ1n) is 4.56. The Morgan fingerprint density at radius 1 is 1.27 bits per heavy atom. The van der Waals surface area contributed by atoms with E-state index in [0.717, 1.165) is 13.2 Å². The van der Waals surface area contributed by atoms with Crippen LogP contribution in [0.5, 0.6) is 0 Å². The summed E-state index contributed by atoms with van der Waals surface area (Å²) in [6, 6.07) is 0. The van der Waals surface area contributed by atoms with E-state index in [1.165, 1.54) is 19.3 Å². The van der Waals surface area contributed by atoms with E-state index in [0.29, 0.717) is 12.2 Å². The summed E-state index contributed by atoms with van der Waals surface area (Å²) in [6.07, 6.45) is 5.17. The van der Waals surface area contributed by atoms with E-state index in [4.69, 9.17) is 9.47 Å². The third-order valence-corrected chi connectivity index (χ3v) is 1.78. The predicted octanol–water partition coefficient (Wildman–Crippen LogP) is 1.98. The van der Waals surface area contributed by atoms with E-state index in [1.807, 2.05) is 0 Å². The van der Waals surface area contributed by atoms with E-state index < -0.39 is 0 Å². The zero-order chi connectivity index (χ0) is 8.10. The lowest BCUT2D eigenvalue weighted by molar-refractivity contribution is 0.391. The Kier molecular flexibility index (Phi) is 3.87. The molecule has 2 saturated heterocycles. The minimum atomic E-state index is 0.583. The number of rotatable bonds is 3.